The number of carbonyl (C=O) groups is 2. The van der Waals surface area contributed by atoms with Crippen LogP contribution in [0.1, 0.15) is 29.4 Å². The van der Waals surface area contributed by atoms with Crippen LogP contribution in [0.4, 0.5) is 10.1 Å². The number of anilines is 1. The first-order valence-corrected chi connectivity index (χ1v) is 11.1. The van der Waals surface area contributed by atoms with Crippen molar-refractivity contribution in [3.63, 3.8) is 0 Å². The first kappa shape index (κ1) is 22.9. The van der Waals surface area contributed by atoms with Gasteiger partial charge in [0.05, 0.1) is 10.7 Å². The Balaban J connectivity index is 1.78. The summed E-state index contributed by atoms with van der Waals surface area (Å²) in [5.74, 6) is -1.81. The molecule has 2 aromatic carbocycles. The number of benzene rings is 2. The molecule has 0 spiro atoms. The Bertz CT molecular complexity index is 1350. The molecule has 1 N–H and O–H groups in total. The van der Waals surface area contributed by atoms with Crippen molar-refractivity contribution >= 4 is 52.5 Å². The summed E-state index contributed by atoms with van der Waals surface area (Å²) in [5, 5.41) is 2.30. The van der Waals surface area contributed by atoms with Gasteiger partial charge in [-0.3, -0.25) is 19.8 Å². The molecule has 2 heterocycles. The molecular weight excluding hydrogens is 461 g/mol. The maximum Gasteiger partial charge on any atom is 0.270 e. The summed E-state index contributed by atoms with van der Waals surface area (Å²) in [6.07, 6.45) is 2.43. The SMILES string of the molecule is CCc1ccccc1-n1c(C)cc(/C=C2\C(=O)NC(=S)N(c3ccc(F)c(Cl)c3)C2=O)c1C. The molecule has 0 unspecified atom stereocenters. The van der Waals surface area contributed by atoms with Crippen LogP contribution in [0.15, 0.2) is 54.1 Å². The smallest absolute Gasteiger partial charge is 0.270 e. The standard InChI is InChI=1S/C25H21ClFN3O2S/c1-4-16-7-5-6-8-22(16)29-14(2)11-17(15(29)3)12-19-23(31)28-25(33)30(24(19)32)18-9-10-21(27)20(26)13-18/h5-13H,4H2,1-3H3,(H,28,31,33)/b19-12+. The fourth-order valence-electron chi connectivity index (χ4n) is 4.00. The molecule has 33 heavy (non-hydrogen) atoms. The van der Waals surface area contributed by atoms with Crippen LogP contribution in [0, 0.1) is 19.7 Å². The van der Waals surface area contributed by atoms with Crippen molar-refractivity contribution in [2.75, 3.05) is 4.90 Å². The van der Waals surface area contributed by atoms with E-state index >= 15 is 0 Å². The predicted octanol–water partition coefficient (Wildman–Crippen LogP) is 5.28. The van der Waals surface area contributed by atoms with Crippen LogP contribution in [-0.2, 0) is 16.0 Å². The lowest BCUT2D eigenvalue weighted by Crippen LogP contribution is -2.54. The van der Waals surface area contributed by atoms with Gasteiger partial charge in [-0.05, 0) is 80.0 Å². The third kappa shape index (κ3) is 4.10. The van der Waals surface area contributed by atoms with Gasteiger partial charge in [0.15, 0.2) is 5.11 Å². The van der Waals surface area contributed by atoms with Crippen molar-refractivity contribution in [3.05, 3.63) is 87.5 Å². The zero-order valence-electron chi connectivity index (χ0n) is 18.3. The van der Waals surface area contributed by atoms with Crippen molar-refractivity contribution in [3.8, 4) is 5.69 Å². The van der Waals surface area contributed by atoms with E-state index in [1.807, 2.05) is 38.1 Å². The molecule has 1 fully saturated rings. The summed E-state index contributed by atoms with van der Waals surface area (Å²) in [5.41, 5.74) is 5.05. The number of thiocarbonyl (C=S) groups is 1. The topological polar surface area (TPSA) is 54.3 Å². The molecule has 168 valence electrons. The number of amides is 2. The number of carbonyl (C=O) groups excluding carboxylic acids is 2. The highest BCUT2D eigenvalue weighted by molar-refractivity contribution is 7.80. The average Bonchev–Trinajstić information content (AvgIpc) is 3.06. The van der Waals surface area contributed by atoms with Crippen molar-refractivity contribution in [1.82, 2.24) is 9.88 Å². The number of hydrogen-bond acceptors (Lipinski definition) is 3. The summed E-state index contributed by atoms with van der Waals surface area (Å²) in [6.45, 7) is 6.02. The van der Waals surface area contributed by atoms with E-state index in [2.05, 4.69) is 22.9 Å². The van der Waals surface area contributed by atoms with Gasteiger partial charge in [-0.25, -0.2) is 4.39 Å². The monoisotopic (exact) mass is 481 g/mol. The normalized spacial score (nSPS) is 15.4. The van der Waals surface area contributed by atoms with E-state index in [1.165, 1.54) is 17.7 Å². The van der Waals surface area contributed by atoms with Crippen molar-refractivity contribution < 1.29 is 14.0 Å². The van der Waals surface area contributed by atoms with Gasteiger partial charge in [0.2, 0.25) is 0 Å². The number of rotatable bonds is 4. The second-order valence-electron chi connectivity index (χ2n) is 7.70. The Kier molecular flexibility index (Phi) is 6.19. The summed E-state index contributed by atoms with van der Waals surface area (Å²) >= 11 is 11.1. The molecule has 1 aliphatic rings. The Morgan fingerprint density at radius 1 is 1.12 bits per heavy atom. The maximum absolute atomic E-state index is 13.6. The van der Waals surface area contributed by atoms with Gasteiger partial charge < -0.3 is 4.57 Å². The largest absolute Gasteiger partial charge is 0.318 e. The number of aromatic nitrogens is 1. The van der Waals surface area contributed by atoms with Gasteiger partial charge in [0.1, 0.15) is 11.4 Å². The highest BCUT2D eigenvalue weighted by atomic mass is 35.5. The van der Waals surface area contributed by atoms with E-state index in [1.54, 1.807) is 6.08 Å². The van der Waals surface area contributed by atoms with Gasteiger partial charge in [-0.2, -0.15) is 0 Å². The molecule has 3 aromatic rings. The number of nitrogens with zero attached hydrogens (tertiary/aromatic N) is 2. The third-order valence-corrected chi connectivity index (χ3v) is 6.22. The van der Waals surface area contributed by atoms with Crippen LogP contribution >= 0.6 is 23.8 Å². The van der Waals surface area contributed by atoms with Gasteiger partial charge in [-0.1, -0.05) is 36.7 Å². The van der Waals surface area contributed by atoms with E-state index in [0.717, 1.165) is 40.0 Å². The number of nitrogens with one attached hydrogen (secondary N) is 1. The van der Waals surface area contributed by atoms with Gasteiger partial charge in [-0.15, -0.1) is 0 Å². The number of hydrogen-bond donors (Lipinski definition) is 1. The number of halogens is 2. The zero-order valence-corrected chi connectivity index (χ0v) is 19.9. The lowest BCUT2D eigenvalue weighted by Gasteiger charge is -2.29. The molecule has 2 amide bonds. The highest BCUT2D eigenvalue weighted by Crippen LogP contribution is 2.29. The van der Waals surface area contributed by atoms with Crippen LogP contribution in [0.2, 0.25) is 5.02 Å². The summed E-state index contributed by atoms with van der Waals surface area (Å²) < 4.78 is 15.7. The number of para-hydroxylation sites is 1. The highest BCUT2D eigenvalue weighted by Gasteiger charge is 2.35. The van der Waals surface area contributed by atoms with Crippen LogP contribution in [0.25, 0.3) is 11.8 Å². The summed E-state index contributed by atoms with van der Waals surface area (Å²) in [7, 11) is 0. The van der Waals surface area contributed by atoms with E-state index < -0.39 is 17.6 Å². The quantitative estimate of drug-likeness (QED) is 0.313. The van der Waals surface area contributed by atoms with Crippen LogP contribution in [-0.4, -0.2) is 21.5 Å². The third-order valence-electron chi connectivity index (χ3n) is 5.65. The zero-order chi connectivity index (χ0) is 23.9. The molecule has 0 bridgehead atoms. The summed E-state index contributed by atoms with van der Waals surface area (Å²) in [4.78, 5) is 27.1. The van der Waals surface area contributed by atoms with Crippen molar-refractivity contribution in [1.29, 1.82) is 0 Å². The lowest BCUT2D eigenvalue weighted by atomic mass is 10.1. The molecule has 0 saturated carbocycles. The molecule has 1 aliphatic heterocycles. The predicted molar refractivity (Wildman–Crippen MR) is 132 cm³/mol. The fraction of sp³-hybridized carbons (Fsp3) is 0.160. The molecular formula is C25H21ClFN3O2S. The minimum atomic E-state index is -0.615. The Labute approximate surface area is 201 Å². The van der Waals surface area contributed by atoms with Crippen molar-refractivity contribution in [2.24, 2.45) is 0 Å². The fourth-order valence-corrected chi connectivity index (χ4v) is 4.46. The van der Waals surface area contributed by atoms with Crippen LogP contribution < -0.4 is 10.2 Å². The average molecular weight is 482 g/mol. The molecule has 0 atom stereocenters. The molecule has 0 aliphatic carbocycles. The molecule has 4 rings (SSSR count). The van der Waals surface area contributed by atoms with Crippen LogP contribution in [0.3, 0.4) is 0 Å². The first-order valence-electron chi connectivity index (χ1n) is 10.4. The molecule has 1 saturated heterocycles. The van der Waals surface area contributed by atoms with E-state index in [-0.39, 0.29) is 21.4 Å². The summed E-state index contributed by atoms with van der Waals surface area (Å²) in [6, 6.07) is 13.9. The van der Waals surface area contributed by atoms with E-state index in [0.29, 0.717) is 0 Å². The second-order valence-corrected chi connectivity index (χ2v) is 8.49. The minimum absolute atomic E-state index is 0.0759. The van der Waals surface area contributed by atoms with Crippen molar-refractivity contribution in [2.45, 2.75) is 27.2 Å². The van der Waals surface area contributed by atoms with Gasteiger partial charge in [0, 0.05) is 17.1 Å². The maximum atomic E-state index is 13.6. The van der Waals surface area contributed by atoms with E-state index in [9.17, 15) is 14.0 Å². The van der Waals surface area contributed by atoms with E-state index in [4.69, 9.17) is 23.8 Å². The Morgan fingerprint density at radius 3 is 2.55 bits per heavy atom. The molecule has 0 radical (unpaired) electrons. The van der Waals surface area contributed by atoms with Gasteiger partial charge in [0.25, 0.3) is 11.8 Å². The molecule has 5 nitrogen and oxygen atoms in total. The molecule has 1 aromatic heterocycles. The first-order chi connectivity index (χ1) is 15.7. The Hall–Kier alpha value is -3.29. The molecule has 8 heteroatoms. The lowest BCUT2D eigenvalue weighted by molar-refractivity contribution is -0.122. The van der Waals surface area contributed by atoms with Crippen LogP contribution in [0.5, 0.6) is 0 Å². The van der Waals surface area contributed by atoms with Gasteiger partial charge >= 0.3 is 0 Å². The second kappa shape index (κ2) is 8.92. The number of aryl methyl sites for hydroxylation is 2. The minimum Gasteiger partial charge on any atom is -0.318 e. The Morgan fingerprint density at radius 2 is 1.85 bits per heavy atom.